The van der Waals surface area contributed by atoms with E-state index in [9.17, 15) is 9.59 Å². The Bertz CT molecular complexity index is 1040. The van der Waals surface area contributed by atoms with E-state index in [4.69, 9.17) is 15.8 Å². The topological polar surface area (TPSA) is 138 Å². The van der Waals surface area contributed by atoms with E-state index in [1.54, 1.807) is 25.4 Å². The Labute approximate surface area is 179 Å². The molecule has 2 aromatic rings. The van der Waals surface area contributed by atoms with Gasteiger partial charge in [0.2, 0.25) is 11.9 Å². The first kappa shape index (κ1) is 20.7. The number of nitriles is 1. The fourth-order valence-corrected chi connectivity index (χ4v) is 4.03. The summed E-state index contributed by atoms with van der Waals surface area (Å²) in [6.07, 6.45) is 6.65. The second kappa shape index (κ2) is 8.65. The summed E-state index contributed by atoms with van der Waals surface area (Å²) in [5.41, 5.74) is 7.49. The van der Waals surface area contributed by atoms with Crippen molar-refractivity contribution >= 4 is 17.8 Å². The van der Waals surface area contributed by atoms with Gasteiger partial charge in [0.25, 0.3) is 5.91 Å². The van der Waals surface area contributed by atoms with Gasteiger partial charge in [0, 0.05) is 44.0 Å². The van der Waals surface area contributed by atoms with Gasteiger partial charge < -0.3 is 10.6 Å². The fraction of sp³-hybridized carbons (Fsp3) is 0.429. The molecule has 0 saturated carbocycles. The molecule has 2 aliphatic heterocycles. The number of nitrogens with zero attached hydrogens (tertiary/aromatic N) is 6. The molecule has 0 spiro atoms. The van der Waals surface area contributed by atoms with Crippen molar-refractivity contribution in [3.8, 4) is 6.07 Å². The average molecular weight is 421 g/mol. The van der Waals surface area contributed by atoms with Crippen LogP contribution in [-0.2, 0) is 9.63 Å². The molecule has 2 fully saturated rings. The standard InChI is InChI=1S/C21H23N7O3/c1-13-10-25-21(26-18(13)19(23)29)27-5-2-15(3-6-27)20(30)28-17(4-7-31-28)16-8-14(9-22)11-24-12-16/h8,10-12,15,17H,2-7H2,1H3,(H2,23,29)/t17-/m0/s1. The number of amides is 2. The summed E-state index contributed by atoms with van der Waals surface area (Å²) in [4.78, 5) is 45.1. The molecular weight excluding hydrogens is 398 g/mol. The van der Waals surface area contributed by atoms with Crippen LogP contribution in [0.5, 0.6) is 0 Å². The first-order chi connectivity index (χ1) is 15.0. The summed E-state index contributed by atoms with van der Waals surface area (Å²) in [6.45, 7) is 3.35. The van der Waals surface area contributed by atoms with Crippen molar-refractivity contribution < 1.29 is 14.4 Å². The smallest absolute Gasteiger partial charge is 0.267 e. The van der Waals surface area contributed by atoms with E-state index in [1.165, 1.54) is 11.3 Å². The maximum atomic E-state index is 13.2. The van der Waals surface area contributed by atoms with E-state index in [1.807, 2.05) is 4.90 Å². The van der Waals surface area contributed by atoms with Gasteiger partial charge in [-0.3, -0.25) is 19.4 Å². The number of aryl methyl sites for hydroxylation is 1. The van der Waals surface area contributed by atoms with Gasteiger partial charge in [-0.1, -0.05) is 0 Å². The van der Waals surface area contributed by atoms with Gasteiger partial charge >= 0.3 is 0 Å². The molecule has 4 heterocycles. The Balaban J connectivity index is 1.43. The number of carbonyl (C=O) groups excluding carboxylic acids is 2. The zero-order valence-corrected chi connectivity index (χ0v) is 17.2. The van der Waals surface area contributed by atoms with Crippen molar-refractivity contribution in [2.45, 2.75) is 32.2 Å². The Morgan fingerprint density at radius 2 is 2.00 bits per heavy atom. The average Bonchev–Trinajstić information content (AvgIpc) is 3.29. The second-order valence-corrected chi connectivity index (χ2v) is 7.75. The number of anilines is 1. The number of hydroxylamine groups is 2. The van der Waals surface area contributed by atoms with Crippen molar-refractivity contribution in [2.24, 2.45) is 11.7 Å². The van der Waals surface area contributed by atoms with Crippen molar-refractivity contribution in [3.05, 3.63) is 47.0 Å². The van der Waals surface area contributed by atoms with Gasteiger partial charge in [0.05, 0.1) is 18.2 Å². The molecule has 1 atom stereocenters. The van der Waals surface area contributed by atoms with Gasteiger partial charge in [-0.15, -0.1) is 0 Å². The van der Waals surface area contributed by atoms with E-state index in [-0.39, 0.29) is 23.6 Å². The number of hydrogen-bond donors (Lipinski definition) is 1. The van der Waals surface area contributed by atoms with E-state index in [0.29, 0.717) is 56.0 Å². The number of carbonyl (C=O) groups is 2. The molecule has 2 saturated heterocycles. The summed E-state index contributed by atoms with van der Waals surface area (Å²) in [6, 6.07) is 3.58. The number of hydrogen-bond acceptors (Lipinski definition) is 8. The molecule has 31 heavy (non-hydrogen) atoms. The van der Waals surface area contributed by atoms with Crippen LogP contribution in [0.25, 0.3) is 0 Å². The van der Waals surface area contributed by atoms with Gasteiger partial charge in [-0.05, 0) is 37.0 Å². The maximum Gasteiger partial charge on any atom is 0.267 e. The monoisotopic (exact) mass is 421 g/mol. The third-order valence-electron chi connectivity index (χ3n) is 5.71. The Morgan fingerprint density at radius 3 is 2.71 bits per heavy atom. The highest BCUT2D eigenvalue weighted by Gasteiger charge is 2.37. The minimum atomic E-state index is -0.585. The molecule has 2 aliphatic rings. The van der Waals surface area contributed by atoms with Crippen molar-refractivity contribution in [2.75, 3.05) is 24.6 Å². The Kier molecular flexibility index (Phi) is 5.77. The molecule has 0 aliphatic carbocycles. The number of primary amides is 1. The quantitative estimate of drug-likeness (QED) is 0.779. The molecule has 10 nitrogen and oxygen atoms in total. The lowest BCUT2D eigenvalue weighted by Crippen LogP contribution is -2.42. The van der Waals surface area contributed by atoms with E-state index in [0.717, 1.165) is 5.56 Å². The third-order valence-corrected chi connectivity index (χ3v) is 5.71. The van der Waals surface area contributed by atoms with Crippen molar-refractivity contribution in [1.29, 1.82) is 5.26 Å². The molecule has 10 heteroatoms. The van der Waals surface area contributed by atoms with E-state index < -0.39 is 5.91 Å². The number of piperidine rings is 1. The summed E-state index contributed by atoms with van der Waals surface area (Å²) in [5, 5.41) is 10.6. The fourth-order valence-electron chi connectivity index (χ4n) is 4.03. The zero-order chi connectivity index (χ0) is 22.0. The highest BCUT2D eigenvalue weighted by Crippen LogP contribution is 2.33. The molecule has 0 bridgehead atoms. The maximum absolute atomic E-state index is 13.2. The minimum Gasteiger partial charge on any atom is -0.364 e. The highest BCUT2D eigenvalue weighted by molar-refractivity contribution is 5.92. The van der Waals surface area contributed by atoms with E-state index in [2.05, 4.69) is 21.0 Å². The highest BCUT2D eigenvalue weighted by atomic mass is 16.7. The lowest BCUT2D eigenvalue weighted by atomic mass is 9.94. The second-order valence-electron chi connectivity index (χ2n) is 7.75. The lowest BCUT2D eigenvalue weighted by molar-refractivity contribution is -0.182. The summed E-state index contributed by atoms with van der Waals surface area (Å²) in [7, 11) is 0. The lowest BCUT2D eigenvalue weighted by Gasteiger charge is -2.34. The SMILES string of the molecule is Cc1cnc(N2CCC(C(=O)N3OCC[C@H]3c3cncc(C#N)c3)CC2)nc1C(N)=O. The Hall–Kier alpha value is -3.58. The molecule has 0 aromatic carbocycles. The molecular formula is C21H23N7O3. The van der Waals surface area contributed by atoms with Crippen LogP contribution in [0, 0.1) is 24.2 Å². The van der Waals surface area contributed by atoms with Crippen LogP contribution in [0.3, 0.4) is 0 Å². The first-order valence-corrected chi connectivity index (χ1v) is 10.2. The van der Waals surface area contributed by atoms with Gasteiger partial charge in [0.15, 0.2) is 0 Å². The van der Waals surface area contributed by atoms with Gasteiger partial charge in [-0.2, -0.15) is 5.26 Å². The van der Waals surface area contributed by atoms with Gasteiger partial charge in [0.1, 0.15) is 11.8 Å². The van der Waals surface area contributed by atoms with Gasteiger partial charge in [-0.25, -0.2) is 15.0 Å². The van der Waals surface area contributed by atoms with Crippen LogP contribution < -0.4 is 10.6 Å². The number of pyridine rings is 1. The normalized spacial score (nSPS) is 19.3. The summed E-state index contributed by atoms with van der Waals surface area (Å²) < 4.78 is 0. The molecule has 2 N–H and O–H groups in total. The van der Waals surface area contributed by atoms with Crippen molar-refractivity contribution in [1.82, 2.24) is 20.0 Å². The largest absolute Gasteiger partial charge is 0.364 e. The number of nitrogens with two attached hydrogens (primary N) is 1. The number of aromatic nitrogens is 3. The summed E-state index contributed by atoms with van der Waals surface area (Å²) >= 11 is 0. The molecule has 2 amide bonds. The summed E-state index contributed by atoms with van der Waals surface area (Å²) in [5.74, 6) is -0.393. The van der Waals surface area contributed by atoms with Crippen LogP contribution in [-0.4, -0.2) is 51.5 Å². The molecule has 0 radical (unpaired) electrons. The third kappa shape index (κ3) is 4.18. The van der Waals surface area contributed by atoms with Crippen LogP contribution in [0.4, 0.5) is 5.95 Å². The van der Waals surface area contributed by atoms with Crippen LogP contribution in [0.2, 0.25) is 0 Å². The Morgan fingerprint density at radius 1 is 1.23 bits per heavy atom. The molecule has 4 rings (SSSR count). The van der Waals surface area contributed by atoms with Crippen LogP contribution in [0.15, 0.2) is 24.7 Å². The van der Waals surface area contributed by atoms with Crippen LogP contribution in [0.1, 0.15) is 52.5 Å². The predicted molar refractivity (Wildman–Crippen MR) is 109 cm³/mol. The molecule has 160 valence electrons. The number of rotatable bonds is 4. The first-order valence-electron chi connectivity index (χ1n) is 10.2. The minimum absolute atomic E-state index is 0.0628. The van der Waals surface area contributed by atoms with Crippen molar-refractivity contribution in [3.63, 3.8) is 0 Å². The molecule has 0 unspecified atom stereocenters. The predicted octanol–water partition coefficient (Wildman–Crippen LogP) is 1.27. The molecule has 2 aromatic heterocycles. The zero-order valence-electron chi connectivity index (χ0n) is 17.2. The van der Waals surface area contributed by atoms with E-state index >= 15 is 0 Å². The van der Waals surface area contributed by atoms with Crippen LogP contribution >= 0.6 is 0 Å².